The zero-order valence-electron chi connectivity index (χ0n) is 12.3. The normalized spacial score (nSPS) is 18.8. The van der Waals surface area contributed by atoms with Gasteiger partial charge in [-0.05, 0) is 0 Å². The number of aliphatic hydroxyl groups excluding tert-OH is 1. The summed E-state index contributed by atoms with van der Waals surface area (Å²) in [6, 6.07) is 0.743. The van der Waals surface area contributed by atoms with E-state index in [9.17, 15) is 18.3 Å². The molecule has 118 valence electrons. The standard InChI is InChI=1S/C15H21F3N2O/c1-15(2,9-21)14(20-5-3-19-4-6-20)13-11(17)7-10(16)8-12(13)18/h7-8,14,19,21H,3-6,9H2,1-2H3/t14-/m0/s1. The second kappa shape index (κ2) is 6.34. The van der Waals surface area contributed by atoms with Crippen LogP contribution in [-0.4, -0.2) is 42.8 Å². The van der Waals surface area contributed by atoms with Crippen molar-refractivity contribution in [1.29, 1.82) is 0 Å². The number of benzene rings is 1. The Balaban J connectivity index is 2.49. The maximum absolute atomic E-state index is 14.2. The van der Waals surface area contributed by atoms with Gasteiger partial charge < -0.3 is 10.4 Å². The fourth-order valence-electron chi connectivity index (χ4n) is 2.91. The molecular formula is C15H21F3N2O. The molecule has 1 aliphatic rings. The van der Waals surface area contributed by atoms with E-state index in [2.05, 4.69) is 5.32 Å². The van der Waals surface area contributed by atoms with Gasteiger partial charge >= 0.3 is 0 Å². The molecule has 0 amide bonds. The SMILES string of the molecule is CC(C)(CO)[C@H](c1c(F)cc(F)cc1F)N1CCNCC1. The first-order chi connectivity index (χ1) is 9.86. The van der Waals surface area contributed by atoms with Crippen molar-refractivity contribution in [2.45, 2.75) is 19.9 Å². The fraction of sp³-hybridized carbons (Fsp3) is 0.600. The highest BCUT2D eigenvalue weighted by atomic mass is 19.1. The molecule has 2 N–H and O–H groups in total. The molecule has 0 aliphatic carbocycles. The van der Waals surface area contributed by atoms with E-state index in [-0.39, 0.29) is 12.2 Å². The van der Waals surface area contributed by atoms with E-state index in [1.807, 2.05) is 4.90 Å². The Morgan fingerprint density at radius 1 is 1.19 bits per heavy atom. The van der Waals surface area contributed by atoms with Crippen molar-refractivity contribution in [3.8, 4) is 0 Å². The number of piperazine rings is 1. The predicted octanol–water partition coefficient (Wildman–Crippen LogP) is 2.07. The Morgan fingerprint density at radius 3 is 2.19 bits per heavy atom. The number of hydrogen-bond acceptors (Lipinski definition) is 3. The van der Waals surface area contributed by atoms with E-state index in [1.165, 1.54) is 0 Å². The lowest BCUT2D eigenvalue weighted by Gasteiger charge is -2.43. The van der Waals surface area contributed by atoms with Crippen molar-refractivity contribution >= 4 is 0 Å². The second-order valence-corrected chi connectivity index (χ2v) is 6.12. The summed E-state index contributed by atoms with van der Waals surface area (Å²) in [5, 5.41) is 12.8. The highest BCUT2D eigenvalue weighted by Crippen LogP contribution is 2.40. The summed E-state index contributed by atoms with van der Waals surface area (Å²) in [4.78, 5) is 1.94. The summed E-state index contributed by atoms with van der Waals surface area (Å²) in [7, 11) is 0. The Kier molecular flexibility index (Phi) is 4.91. The lowest BCUT2D eigenvalue weighted by atomic mass is 9.79. The Labute approximate surface area is 122 Å². The van der Waals surface area contributed by atoms with Gasteiger partial charge in [0.2, 0.25) is 0 Å². The van der Waals surface area contributed by atoms with Gasteiger partial charge in [-0.25, -0.2) is 13.2 Å². The van der Waals surface area contributed by atoms with Gasteiger partial charge in [0, 0.05) is 61.9 Å². The van der Waals surface area contributed by atoms with Crippen LogP contribution in [0.1, 0.15) is 25.5 Å². The van der Waals surface area contributed by atoms with Gasteiger partial charge in [-0.3, -0.25) is 4.90 Å². The first kappa shape index (κ1) is 16.3. The first-order valence-corrected chi connectivity index (χ1v) is 7.07. The van der Waals surface area contributed by atoms with Crippen LogP contribution in [0.25, 0.3) is 0 Å². The van der Waals surface area contributed by atoms with Crippen LogP contribution in [0.2, 0.25) is 0 Å². The molecule has 0 saturated carbocycles. The predicted molar refractivity (Wildman–Crippen MR) is 74.4 cm³/mol. The molecule has 0 spiro atoms. The summed E-state index contributed by atoms with van der Waals surface area (Å²) in [6.45, 7) is 5.93. The third kappa shape index (κ3) is 3.39. The van der Waals surface area contributed by atoms with E-state index >= 15 is 0 Å². The Morgan fingerprint density at radius 2 is 1.71 bits per heavy atom. The molecule has 21 heavy (non-hydrogen) atoms. The van der Waals surface area contributed by atoms with Crippen LogP contribution in [0.15, 0.2) is 12.1 Å². The minimum atomic E-state index is -0.936. The van der Waals surface area contributed by atoms with Gasteiger partial charge in [0.1, 0.15) is 17.5 Å². The van der Waals surface area contributed by atoms with E-state index in [0.717, 1.165) is 0 Å². The van der Waals surface area contributed by atoms with E-state index < -0.39 is 28.9 Å². The maximum atomic E-state index is 14.2. The summed E-state index contributed by atoms with van der Waals surface area (Å²) < 4.78 is 41.5. The molecule has 0 aromatic heterocycles. The third-order valence-corrected chi connectivity index (χ3v) is 3.98. The van der Waals surface area contributed by atoms with Crippen LogP contribution in [0.3, 0.4) is 0 Å². The van der Waals surface area contributed by atoms with Gasteiger partial charge in [0.15, 0.2) is 0 Å². The molecule has 1 aromatic rings. The smallest absolute Gasteiger partial charge is 0.133 e. The lowest BCUT2D eigenvalue weighted by molar-refractivity contribution is 0.0265. The molecule has 1 atom stereocenters. The fourth-order valence-corrected chi connectivity index (χ4v) is 2.91. The number of halogens is 3. The summed E-state index contributed by atoms with van der Waals surface area (Å²) >= 11 is 0. The minimum Gasteiger partial charge on any atom is -0.396 e. The number of rotatable bonds is 4. The van der Waals surface area contributed by atoms with Crippen LogP contribution < -0.4 is 5.32 Å². The molecule has 0 unspecified atom stereocenters. The molecular weight excluding hydrogens is 281 g/mol. The zero-order valence-corrected chi connectivity index (χ0v) is 12.3. The number of nitrogens with zero attached hydrogens (tertiary/aromatic N) is 1. The molecule has 0 radical (unpaired) electrons. The number of aliphatic hydroxyl groups is 1. The van der Waals surface area contributed by atoms with E-state index in [1.54, 1.807) is 13.8 Å². The van der Waals surface area contributed by atoms with Crippen molar-refractivity contribution in [3.63, 3.8) is 0 Å². The van der Waals surface area contributed by atoms with Gasteiger partial charge in [0.25, 0.3) is 0 Å². The Hall–Kier alpha value is -1.11. The molecule has 6 heteroatoms. The van der Waals surface area contributed by atoms with Gasteiger partial charge in [-0.15, -0.1) is 0 Å². The second-order valence-electron chi connectivity index (χ2n) is 6.12. The summed E-state index contributed by atoms with van der Waals surface area (Å²) in [5.74, 6) is -2.75. The highest BCUT2D eigenvalue weighted by molar-refractivity contribution is 5.26. The molecule has 1 fully saturated rings. The van der Waals surface area contributed by atoms with E-state index in [0.29, 0.717) is 38.3 Å². The van der Waals surface area contributed by atoms with Crippen LogP contribution in [0, 0.1) is 22.9 Å². The highest BCUT2D eigenvalue weighted by Gasteiger charge is 2.39. The van der Waals surface area contributed by atoms with Gasteiger partial charge in [-0.2, -0.15) is 0 Å². The van der Waals surface area contributed by atoms with E-state index in [4.69, 9.17) is 0 Å². The largest absolute Gasteiger partial charge is 0.396 e. The van der Waals surface area contributed by atoms with Crippen molar-refractivity contribution in [3.05, 3.63) is 35.1 Å². The molecule has 1 aliphatic heterocycles. The number of hydrogen-bond donors (Lipinski definition) is 2. The molecule has 0 bridgehead atoms. The molecule has 1 saturated heterocycles. The van der Waals surface area contributed by atoms with Crippen molar-refractivity contribution in [1.82, 2.24) is 10.2 Å². The van der Waals surface area contributed by atoms with Crippen molar-refractivity contribution in [2.75, 3.05) is 32.8 Å². The van der Waals surface area contributed by atoms with Crippen LogP contribution in [0.4, 0.5) is 13.2 Å². The quantitative estimate of drug-likeness (QED) is 0.894. The maximum Gasteiger partial charge on any atom is 0.133 e. The first-order valence-electron chi connectivity index (χ1n) is 7.07. The number of nitrogens with one attached hydrogen (secondary N) is 1. The van der Waals surface area contributed by atoms with Crippen molar-refractivity contribution in [2.24, 2.45) is 5.41 Å². The zero-order chi connectivity index (χ0) is 15.6. The topological polar surface area (TPSA) is 35.5 Å². The minimum absolute atomic E-state index is 0.169. The molecule has 3 nitrogen and oxygen atoms in total. The molecule has 2 rings (SSSR count). The third-order valence-electron chi connectivity index (χ3n) is 3.98. The van der Waals surface area contributed by atoms with Crippen molar-refractivity contribution < 1.29 is 18.3 Å². The summed E-state index contributed by atoms with van der Waals surface area (Å²) in [6.07, 6.45) is 0. The molecule has 1 heterocycles. The van der Waals surface area contributed by atoms with Crippen LogP contribution in [-0.2, 0) is 0 Å². The monoisotopic (exact) mass is 302 g/mol. The average molecular weight is 302 g/mol. The average Bonchev–Trinajstić information content (AvgIpc) is 2.43. The lowest BCUT2D eigenvalue weighted by Crippen LogP contribution is -2.50. The van der Waals surface area contributed by atoms with Crippen LogP contribution in [0.5, 0.6) is 0 Å². The van der Waals surface area contributed by atoms with Gasteiger partial charge in [0.05, 0.1) is 0 Å². The van der Waals surface area contributed by atoms with Gasteiger partial charge in [-0.1, -0.05) is 13.8 Å². The molecule has 1 aromatic carbocycles. The Bertz CT molecular complexity index is 479. The van der Waals surface area contributed by atoms with Crippen LogP contribution >= 0.6 is 0 Å². The summed E-state index contributed by atoms with van der Waals surface area (Å²) in [5.41, 5.74) is -0.922.